The molecule has 118 valence electrons. The van der Waals surface area contributed by atoms with E-state index in [1.54, 1.807) is 12.1 Å². The van der Waals surface area contributed by atoms with E-state index in [0.29, 0.717) is 18.9 Å². The maximum atomic E-state index is 11.0. The SMILES string of the molecule is CCCNCc1ccc([N+](=O)[O-])c(OCCCN(C)C)c1. The van der Waals surface area contributed by atoms with Gasteiger partial charge in [-0.05, 0) is 45.1 Å². The molecule has 1 aromatic carbocycles. The Morgan fingerprint density at radius 3 is 2.76 bits per heavy atom. The average Bonchev–Trinajstić information content (AvgIpc) is 2.43. The van der Waals surface area contributed by atoms with Crippen molar-refractivity contribution in [2.75, 3.05) is 33.8 Å². The fourth-order valence-electron chi connectivity index (χ4n) is 1.91. The Hall–Kier alpha value is -1.66. The average molecular weight is 295 g/mol. The Bertz CT molecular complexity index is 450. The van der Waals surface area contributed by atoms with E-state index in [2.05, 4.69) is 17.1 Å². The first-order chi connectivity index (χ1) is 10.0. The second kappa shape index (κ2) is 9.31. The van der Waals surface area contributed by atoms with Crippen molar-refractivity contribution in [2.45, 2.75) is 26.3 Å². The minimum atomic E-state index is -0.398. The molecule has 0 saturated heterocycles. The van der Waals surface area contributed by atoms with Crippen molar-refractivity contribution < 1.29 is 9.66 Å². The van der Waals surface area contributed by atoms with Gasteiger partial charge in [0.25, 0.3) is 0 Å². The van der Waals surface area contributed by atoms with Gasteiger partial charge in [0.05, 0.1) is 11.5 Å². The lowest BCUT2D eigenvalue weighted by molar-refractivity contribution is -0.385. The summed E-state index contributed by atoms with van der Waals surface area (Å²) in [5, 5.41) is 14.3. The summed E-state index contributed by atoms with van der Waals surface area (Å²) in [5.74, 6) is 0.356. The van der Waals surface area contributed by atoms with Crippen LogP contribution in [0.15, 0.2) is 18.2 Å². The third-order valence-corrected chi connectivity index (χ3v) is 2.98. The van der Waals surface area contributed by atoms with Crippen LogP contribution >= 0.6 is 0 Å². The van der Waals surface area contributed by atoms with Crippen molar-refractivity contribution in [2.24, 2.45) is 0 Å². The van der Waals surface area contributed by atoms with Gasteiger partial charge in [-0.1, -0.05) is 13.0 Å². The van der Waals surface area contributed by atoms with Crippen molar-refractivity contribution in [3.63, 3.8) is 0 Å². The summed E-state index contributed by atoms with van der Waals surface area (Å²) in [6, 6.07) is 5.05. The van der Waals surface area contributed by atoms with Gasteiger partial charge in [-0.15, -0.1) is 0 Å². The monoisotopic (exact) mass is 295 g/mol. The van der Waals surface area contributed by atoms with Crippen molar-refractivity contribution in [1.29, 1.82) is 0 Å². The van der Waals surface area contributed by atoms with Crippen LogP contribution in [0.3, 0.4) is 0 Å². The zero-order chi connectivity index (χ0) is 15.7. The lowest BCUT2D eigenvalue weighted by atomic mass is 10.2. The molecule has 1 rings (SSSR count). The van der Waals surface area contributed by atoms with Gasteiger partial charge in [-0.3, -0.25) is 10.1 Å². The predicted molar refractivity (Wildman–Crippen MR) is 83.8 cm³/mol. The molecule has 0 fully saturated rings. The lowest BCUT2D eigenvalue weighted by Crippen LogP contribution is -2.16. The summed E-state index contributed by atoms with van der Waals surface area (Å²) in [7, 11) is 3.98. The normalized spacial score (nSPS) is 10.9. The highest BCUT2D eigenvalue weighted by Crippen LogP contribution is 2.28. The van der Waals surface area contributed by atoms with Gasteiger partial charge in [0, 0.05) is 19.2 Å². The molecule has 0 heterocycles. The van der Waals surface area contributed by atoms with Gasteiger partial charge in [0.1, 0.15) is 0 Å². The van der Waals surface area contributed by atoms with Crippen LogP contribution in [0.25, 0.3) is 0 Å². The van der Waals surface area contributed by atoms with Crippen LogP contribution in [0.4, 0.5) is 5.69 Å². The van der Waals surface area contributed by atoms with Gasteiger partial charge in [-0.25, -0.2) is 0 Å². The number of nitro benzene ring substituents is 1. The summed E-state index contributed by atoms with van der Waals surface area (Å²) in [6.45, 7) is 5.09. The molecular weight excluding hydrogens is 270 g/mol. The van der Waals surface area contributed by atoms with Crippen molar-refractivity contribution >= 4 is 5.69 Å². The fourth-order valence-corrected chi connectivity index (χ4v) is 1.91. The van der Waals surface area contributed by atoms with E-state index in [1.165, 1.54) is 6.07 Å². The maximum absolute atomic E-state index is 11.0. The van der Waals surface area contributed by atoms with Crippen LogP contribution in [0.5, 0.6) is 5.75 Å². The smallest absolute Gasteiger partial charge is 0.310 e. The van der Waals surface area contributed by atoms with Crippen LogP contribution < -0.4 is 10.1 Å². The minimum Gasteiger partial charge on any atom is -0.487 e. The molecular formula is C15H25N3O3. The topological polar surface area (TPSA) is 67.6 Å². The Morgan fingerprint density at radius 1 is 1.38 bits per heavy atom. The third kappa shape index (κ3) is 6.55. The quantitative estimate of drug-likeness (QED) is 0.408. The molecule has 0 atom stereocenters. The predicted octanol–water partition coefficient (Wildman–Crippen LogP) is 2.42. The first-order valence-corrected chi connectivity index (χ1v) is 7.30. The minimum absolute atomic E-state index is 0.0269. The van der Waals surface area contributed by atoms with Gasteiger partial charge >= 0.3 is 5.69 Å². The molecule has 21 heavy (non-hydrogen) atoms. The summed E-state index contributed by atoms with van der Waals surface area (Å²) in [6.07, 6.45) is 1.89. The largest absolute Gasteiger partial charge is 0.487 e. The van der Waals surface area contributed by atoms with E-state index in [9.17, 15) is 10.1 Å². The molecule has 0 aliphatic heterocycles. The van der Waals surface area contributed by atoms with E-state index in [4.69, 9.17) is 4.74 Å². The first-order valence-electron chi connectivity index (χ1n) is 7.30. The van der Waals surface area contributed by atoms with Crippen molar-refractivity contribution in [3.05, 3.63) is 33.9 Å². The molecule has 0 aromatic heterocycles. The van der Waals surface area contributed by atoms with Crippen molar-refractivity contribution in [1.82, 2.24) is 10.2 Å². The fraction of sp³-hybridized carbons (Fsp3) is 0.600. The van der Waals surface area contributed by atoms with Crippen LogP contribution in [0.1, 0.15) is 25.3 Å². The molecule has 1 aromatic rings. The van der Waals surface area contributed by atoms with E-state index in [-0.39, 0.29) is 5.69 Å². The zero-order valence-corrected chi connectivity index (χ0v) is 13.1. The van der Waals surface area contributed by atoms with Crippen LogP contribution in [-0.4, -0.2) is 43.6 Å². The highest BCUT2D eigenvalue weighted by molar-refractivity contribution is 5.48. The third-order valence-electron chi connectivity index (χ3n) is 2.98. The Labute approximate surface area is 126 Å². The number of rotatable bonds is 10. The van der Waals surface area contributed by atoms with E-state index in [0.717, 1.165) is 31.5 Å². The highest BCUT2D eigenvalue weighted by atomic mass is 16.6. The molecule has 0 radical (unpaired) electrons. The molecule has 6 nitrogen and oxygen atoms in total. The molecule has 0 saturated carbocycles. The van der Waals surface area contributed by atoms with Gasteiger partial charge in [-0.2, -0.15) is 0 Å². The van der Waals surface area contributed by atoms with Gasteiger partial charge in [0.15, 0.2) is 5.75 Å². The molecule has 1 N–H and O–H groups in total. The molecule has 0 unspecified atom stereocenters. The molecule has 0 amide bonds. The second-order valence-corrected chi connectivity index (χ2v) is 5.24. The standard InChI is InChI=1S/C15H25N3O3/c1-4-8-16-12-13-6-7-14(18(19)20)15(11-13)21-10-5-9-17(2)3/h6-7,11,16H,4-5,8-10,12H2,1-3H3. The second-order valence-electron chi connectivity index (χ2n) is 5.24. The molecule has 0 spiro atoms. The molecule has 0 bridgehead atoms. The number of ether oxygens (including phenoxy) is 1. The number of hydrogen-bond acceptors (Lipinski definition) is 5. The number of nitro groups is 1. The van der Waals surface area contributed by atoms with E-state index < -0.39 is 4.92 Å². The Kier molecular flexibility index (Phi) is 7.71. The van der Waals surface area contributed by atoms with Crippen LogP contribution in [0.2, 0.25) is 0 Å². The van der Waals surface area contributed by atoms with Crippen LogP contribution in [-0.2, 0) is 6.54 Å². The lowest BCUT2D eigenvalue weighted by Gasteiger charge is -2.11. The number of nitrogens with one attached hydrogen (secondary N) is 1. The first kappa shape index (κ1) is 17.4. The summed E-state index contributed by atoms with van der Waals surface area (Å²) in [5.41, 5.74) is 1.02. The van der Waals surface area contributed by atoms with E-state index in [1.807, 2.05) is 14.1 Å². The molecule has 0 aliphatic rings. The van der Waals surface area contributed by atoms with Gasteiger partial charge in [0.2, 0.25) is 0 Å². The Balaban J connectivity index is 2.67. The number of hydrogen-bond donors (Lipinski definition) is 1. The van der Waals surface area contributed by atoms with Crippen molar-refractivity contribution in [3.8, 4) is 5.75 Å². The Morgan fingerprint density at radius 2 is 2.14 bits per heavy atom. The zero-order valence-electron chi connectivity index (χ0n) is 13.1. The molecule has 0 aliphatic carbocycles. The van der Waals surface area contributed by atoms with Crippen LogP contribution in [0, 0.1) is 10.1 Å². The molecule has 6 heteroatoms. The van der Waals surface area contributed by atoms with Gasteiger partial charge < -0.3 is 15.0 Å². The number of nitrogens with zero attached hydrogens (tertiary/aromatic N) is 2. The van der Waals surface area contributed by atoms with E-state index >= 15 is 0 Å². The summed E-state index contributed by atoms with van der Waals surface area (Å²) >= 11 is 0. The highest BCUT2D eigenvalue weighted by Gasteiger charge is 2.15. The maximum Gasteiger partial charge on any atom is 0.310 e. The summed E-state index contributed by atoms with van der Waals surface area (Å²) in [4.78, 5) is 12.7. The number of benzene rings is 1. The summed E-state index contributed by atoms with van der Waals surface area (Å²) < 4.78 is 5.60.